The molecule has 2 aromatic rings. The molecule has 0 unspecified atom stereocenters. The number of carboxylic acid groups (broad SMARTS) is 1. The van der Waals surface area contributed by atoms with Crippen LogP contribution in [0.1, 0.15) is 27.0 Å². The van der Waals surface area contributed by atoms with Crippen LogP contribution in [-0.2, 0) is 4.79 Å². The molecule has 0 spiro atoms. The summed E-state index contributed by atoms with van der Waals surface area (Å²) in [4.78, 5) is 22.7. The first-order valence-corrected chi connectivity index (χ1v) is 7.21. The van der Waals surface area contributed by atoms with Gasteiger partial charge in [-0.05, 0) is 61.7 Å². The third-order valence-corrected chi connectivity index (χ3v) is 3.64. The van der Waals surface area contributed by atoms with Crippen molar-refractivity contribution in [3.63, 3.8) is 0 Å². The predicted octanol–water partition coefficient (Wildman–Crippen LogP) is 3.33. The molecule has 2 N–H and O–H groups in total. The highest BCUT2D eigenvalue weighted by Crippen LogP contribution is 2.25. The van der Waals surface area contributed by atoms with Gasteiger partial charge in [-0.3, -0.25) is 4.79 Å². The van der Waals surface area contributed by atoms with Crippen LogP contribution in [0.3, 0.4) is 0 Å². The molecule has 0 atom stereocenters. The van der Waals surface area contributed by atoms with Crippen LogP contribution in [0, 0.1) is 20.8 Å². The Kier molecular flexibility index (Phi) is 5.01. The van der Waals surface area contributed by atoms with Crippen LogP contribution >= 0.6 is 0 Å². The maximum atomic E-state index is 12.0. The average molecular weight is 313 g/mol. The van der Waals surface area contributed by atoms with Crippen LogP contribution in [0.25, 0.3) is 0 Å². The summed E-state index contributed by atoms with van der Waals surface area (Å²) in [6, 6.07) is 9.94. The van der Waals surface area contributed by atoms with Crippen molar-refractivity contribution in [2.24, 2.45) is 0 Å². The molecular weight excluding hydrogens is 294 g/mol. The van der Waals surface area contributed by atoms with E-state index in [9.17, 15) is 9.59 Å². The highest BCUT2D eigenvalue weighted by molar-refractivity contribution is 5.93. The molecule has 0 saturated heterocycles. The number of carboxylic acids is 1. The highest BCUT2D eigenvalue weighted by atomic mass is 16.5. The zero-order valence-corrected chi connectivity index (χ0v) is 13.3. The van der Waals surface area contributed by atoms with Gasteiger partial charge in [-0.25, -0.2) is 4.79 Å². The van der Waals surface area contributed by atoms with E-state index in [1.807, 2.05) is 32.9 Å². The van der Waals surface area contributed by atoms with Gasteiger partial charge in [-0.2, -0.15) is 0 Å². The highest BCUT2D eigenvalue weighted by Gasteiger charge is 2.10. The summed E-state index contributed by atoms with van der Waals surface area (Å²) in [5, 5.41) is 11.5. The molecule has 0 fully saturated rings. The Morgan fingerprint density at radius 2 is 1.61 bits per heavy atom. The van der Waals surface area contributed by atoms with Crippen LogP contribution < -0.4 is 10.1 Å². The van der Waals surface area contributed by atoms with E-state index >= 15 is 0 Å². The minimum Gasteiger partial charge on any atom is -0.483 e. The van der Waals surface area contributed by atoms with Gasteiger partial charge in [0.2, 0.25) is 0 Å². The fraction of sp³-hybridized carbons (Fsp3) is 0.222. The number of hydrogen-bond acceptors (Lipinski definition) is 3. The van der Waals surface area contributed by atoms with Crippen molar-refractivity contribution < 1.29 is 19.4 Å². The fourth-order valence-corrected chi connectivity index (χ4v) is 2.18. The van der Waals surface area contributed by atoms with Crippen molar-refractivity contribution in [3.05, 3.63) is 58.7 Å². The van der Waals surface area contributed by atoms with E-state index in [1.54, 1.807) is 12.1 Å². The molecule has 0 aromatic heterocycles. The third-order valence-electron chi connectivity index (χ3n) is 3.64. The van der Waals surface area contributed by atoms with Crippen molar-refractivity contribution in [3.8, 4) is 5.75 Å². The molecule has 0 bridgehead atoms. The lowest BCUT2D eigenvalue weighted by molar-refractivity contribution is -0.118. The number of carbonyl (C=O) groups excluding carboxylic acids is 1. The third kappa shape index (κ3) is 4.10. The standard InChI is InChI=1S/C18H19NO4/c1-11-4-5-12(2)17(13(11)3)23-10-16(20)19-15-8-6-14(7-9-15)18(21)22/h4-9H,10H2,1-3H3,(H,19,20)(H,21,22). The van der Waals surface area contributed by atoms with E-state index in [2.05, 4.69) is 5.32 Å². The Balaban J connectivity index is 1.98. The number of aryl methyl sites for hydroxylation is 2. The fourth-order valence-electron chi connectivity index (χ4n) is 2.18. The van der Waals surface area contributed by atoms with Gasteiger partial charge >= 0.3 is 5.97 Å². The summed E-state index contributed by atoms with van der Waals surface area (Å²) in [6.07, 6.45) is 0. The van der Waals surface area contributed by atoms with Gasteiger partial charge in [-0.1, -0.05) is 12.1 Å². The molecule has 5 heteroatoms. The van der Waals surface area contributed by atoms with E-state index in [0.29, 0.717) is 5.69 Å². The monoisotopic (exact) mass is 313 g/mol. The molecule has 120 valence electrons. The molecule has 0 aliphatic heterocycles. The summed E-state index contributed by atoms with van der Waals surface area (Å²) >= 11 is 0. The Labute approximate surface area is 134 Å². The zero-order valence-electron chi connectivity index (χ0n) is 13.3. The van der Waals surface area contributed by atoms with E-state index in [-0.39, 0.29) is 18.1 Å². The van der Waals surface area contributed by atoms with E-state index in [4.69, 9.17) is 9.84 Å². The summed E-state index contributed by atoms with van der Waals surface area (Å²) in [6.45, 7) is 5.78. The number of hydrogen-bond donors (Lipinski definition) is 2. The summed E-state index contributed by atoms with van der Waals surface area (Å²) < 4.78 is 5.64. The maximum Gasteiger partial charge on any atom is 0.335 e. The molecular formula is C18H19NO4. The lowest BCUT2D eigenvalue weighted by Gasteiger charge is -2.14. The SMILES string of the molecule is Cc1ccc(C)c(OCC(=O)Nc2ccc(C(=O)O)cc2)c1C. The molecule has 2 aromatic carbocycles. The quantitative estimate of drug-likeness (QED) is 0.888. The number of benzene rings is 2. The second kappa shape index (κ2) is 6.96. The lowest BCUT2D eigenvalue weighted by atomic mass is 10.1. The van der Waals surface area contributed by atoms with Gasteiger partial charge < -0.3 is 15.2 Å². The van der Waals surface area contributed by atoms with Crippen molar-refractivity contribution in [1.29, 1.82) is 0 Å². The molecule has 0 heterocycles. The number of amides is 1. The molecule has 0 aliphatic carbocycles. The number of ether oxygens (including phenoxy) is 1. The number of anilines is 1. The molecule has 2 rings (SSSR count). The first kappa shape index (κ1) is 16.5. The number of nitrogens with one attached hydrogen (secondary N) is 1. The molecule has 1 amide bonds. The van der Waals surface area contributed by atoms with Crippen molar-refractivity contribution in [1.82, 2.24) is 0 Å². The van der Waals surface area contributed by atoms with Gasteiger partial charge in [0, 0.05) is 5.69 Å². The second-order valence-electron chi connectivity index (χ2n) is 5.37. The van der Waals surface area contributed by atoms with Crippen LogP contribution in [0.15, 0.2) is 36.4 Å². The van der Waals surface area contributed by atoms with Gasteiger partial charge in [-0.15, -0.1) is 0 Å². The minimum absolute atomic E-state index is 0.105. The Bertz CT molecular complexity index is 735. The first-order chi connectivity index (χ1) is 10.9. The Morgan fingerprint density at radius 1 is 1.00 bits per heavy atom. The zero-order chi connectivity index (χ0) is 17.0. The van der Waals surface area contributed by atoms with E-state index in [1.165, 1.54) is 12.1 Å². The average Bonchev–Trinajstić information content (AvgIpc) is 2.51. The van der Waals surface area contributed by atoms with Crippen LogP contribution in [0.5, 0.6) is 5.75 Å². The summed E-state index contributed by atoms with van der Waals surface area (Å²) in [5.41, 5.74) is 3.80. The Hall–Kier alpha value is -2.82. The minimum atomic E-state index is -1.00. The topological polar surface area (TPSA) is 75.6 Å². The van der Waals surface area contributed by atoms with Gasteiger partial charge in [0.05, 0.1) is 5.56 Å². The molecule has 0 radical (unpaired) electrons. The summed E-state index contributed by atoms with van der Waals surface area (Å²) in [5.74, 6) is -0.577. The van der Waals surface area contributed by atoms with E-state index in [0.717, 1.165) is 22.4 Å². The summed E-state index contributed by atoms with van der Waals surface area (Å²) in [7, 11) is 0. The number of aromatic carboxylic acids is 1. The van der Waals surface area contributed by atoms with Crippen molar-refractivity contribution in [2.45, 2.75) is 20.8 Å². The molecule has 5 nitrogen and oxygen atoms in total. The van der Waals surface area contributed by atoms with Crippen LogP contribution in [0.2, 0.25) is 0 Å². The van der Waals surface area contributed by atoms with Crippen LogP contribution in [-0.4, -0.2) is 23.6 Å². The normalized spacial score (nSPS) is 10.2. The molecule has 0 saturated carbocycles. The van der Waals surface area contributed by atoms with Crippen molar-refractivity contribution >= 4 is 17.6 Å². The lowest BCUT2D eigenvalue weighted by Crippen LogP contribution is -2.20. The number of carbonyl (C=O) groups is 2. The van der Waals surface area contributed by atoms with Gasteiger partial charge in [0.25, 0.3) is 5.91 Å². The van der Waals surface area contributed by atoms with Crippen molar-refractivity contribution in [2.75, 3.05) is 11.9 Å². The smallest absolute Gasteiger partial charge is 0.335 e. The Morgan fingerprint density at radius 3 is 2.22 bits per heavy atom. The number of rotatable bonds is 5. The van der Waals surface area contributed by atoms with Crippen LogP contribution in [0.4, 0.5) is 5.69 Å². The maximum absolute atomic E-state index is 12.0. The van der Waals surface area contributed by atoms with Gasteiger partial charge in [0.15, 0.2) is 6.61 Å². The van der Waals surface area contributed by atoms with E-state index < -0.39 is 5.97 Å². The molecule has 23 heavy (non-hydrogen) atoms. The first-order valence-electron chi connectivity index (χ1n) is 7.21. The largest absolute Gasteiger partial charge is 0.483 e. The molecule has 0 aliphatic rings. The predicted molar refractivity (Wildman–Crippen MR) is 88.2 cm³/mol. The van der Waals surface area contributed by atoms with Gasteiger partial charge in [0.1, 0.15) is 5.75 Å². The second-order valence-corrected chi connectivity index (χ2v) is 5.37.